The Labute approximate surface area is 172 Å². The Morgan fingerprint density at radius 1 is 1.17 bits per heavy atom. The van der Waals surface area contributed by atoms with Crippen molar-refractivity contribution < 1.29 is 19.0 Å². The lowest BCUT2D eigenvalue weighted by atomic mass is 9.88. The number of allylic oxidation sites excluding steroid dienone is 1. The van der Waals surface area contributed by atoms with Crippen molar-refractivity contribution in [3.05, 3.63) is 71.3 Å². The van der Waals surface area contributed by atoms with Crippen LogP contribution in [0.15, 0.2) is 60.2 Å². The van der Waals surface area contributed by atoms with Gasteiger partial charge < -0.3 is 19.5 Å². The molecule has 0 saturated carbocycles. The molecule has 3 rings (SSSR count). The molecule has 1 aliphatic heterocycles. The van der Waals surface area contributed by atoms with E-state index in [0.29, 0.717) is 6.54 Å². The highest BCUT2D eigenvalue weighted by atomic mass is 16.6. The molecule has 2 unspecified atom stereocenters. The van der Waals surface area contributed by atoms with Crippen LogP contribution in [0.5, 0.6) is 5.75 Å². The first-order valence-corrected chi connectivity index (χ1v) is 9.79. The van der Waals surface area contributed by atoms with Gasteiger partial charge in [0.05, 0.1) is 0 Å². The van der Waals surface area contributed by atoms with Gasteiger partial charge >= 0.3 is 5.97 Å². The number of ether oxygens (including phenoxy) is 3. The lowest BCUT2D eigenvalue weighted by Gasteiger charge is -2.43. The molecule has 5 heteroatoms. The maximum Gasteiger partial charge on any atom is 0.331 e. The lowest BCUT2D eigenvalue weighted by molar-refractivity contribution is -0.175. The minimum atomic E-state index is -0.724. The fraction of sp³-hybridized carbons (Fsp3) is 0.375. The second kappa shape index (κ2) is 8.70. The van der Waals surface area contributed by atoms with Crippen LogP contribution in [0.3, 0.4) is 0 Å². The van der Waals surface area contributed by atoms with Gasteiger partial charge in [-0.15, -0.1) is 0 Å². The Bertz CT molecular complexity index is 885. The number of nitrogens with one attached hydrogen (secondary N) is 1. The summed E-state index contributed by atoms with van der Waals surface area (Å²) in [4.78, 5) is 12.3. The van der Waals surface area contributed by atoms with Crippen LogP contribution >= 0.6 is 0 Å². The molecule has 0 spiro atoms. The van der Waals surface area contributed by atoms with E-state index in [1.54, 1.807) is 7.11 Å². The van der Waals surface area contributed by atoms with Crippen molar-refractivity contribution in [2.24, 2.45) is 0 Å². The van der Waals surface area contributed by atoms with E-state index < -0.39 is 23.8 Å². The molecule has 0 aliphatic carbocycles. The third kappa shape index (κ3) is 4.98. The van der Waals surface area contributed by atoms with Crippen molar-refractivity contribution in [2.75, 3.05) is 12.4 Å². The third-order valence-corrected chi connectivity index (χ3v) is 4.89. The standard InChI is InChI=1S/C24H29NO4/c1-16(2)13-21(26)28-23-22(27-5)19-14-18(11-12-20(19)29-24(23,3)4)25-15-17-9-7-6-8-10-17/h6-14,22-23,25H,15H2,1-5H3. The summed E-state index contributed by atoms with van der Waals surface area (Å²) in [5.74, 6) is 0.345. The van der Waals surface area contributed by atoms with Crippen LogP contribution in [-0.2, 0) is 20.8 Å². The predicted octanol–water partition coefficient (Wildman–Crippen LogP) is 5.04. The molecule has 2 aromatic carbocycles. The summed E-state index contributed by atoms with van der Waals surface area (Å²) in [6.07, 6.45) is 0.477. The molecule has 1 N–H and O–H groups in total. The fourth-order valence-electron chi connectivity index (χ4n) is 3.49. The van der Waals surface area contributed by atoms with Gasteiger partial charge in [-0.3, -0.25) is 0 Å². The largest absolute Gasteiger partial charge is 0.483 e. The van der Waals surface area contributed by atoms with E-state index in [2.05, 4.69) is 17.4 Å². The van der Waals surface area contributed by atoms with Crippen LogP contribution in [-0.4, -0.2) is 24.8 Å². The van der Waals surface area contributed by atoms with Crippen LogP contribution in [0.4, 0.5) is 5.69 Å². The van der Waals surface area contributed by atoms with E-state index in [1.165, 1.54) is 11.6 Å². The Morgan fingerprint density at radius 2 is 1.90 bits per heavy atom. The summed E-state index contributed by atoms with van der Waals surface area (Å²) in [5, 5.41) is 3.43. The summed E-state index contributed by atoms with van der Waals surface area (Å²) in [6, 6.07) is 16.1. The van der Waals surface area contributed by atoms with E-state index in [9.17, 15) is 4.79 Å². The van der Waals surface area contributed by atoms with E-state index in [4.69, 9.17) is 14.2 Å². The number of carbonyl (C=O) groups excluding carboxylic acids is 1. The third-order valence-electron chi connectivity index (χ3n) is 4.89. The summed E-state index contributed by atoms with van der Waals surface area (Å²) in [7, 11) is 1.63. The van der Waals surface area contributed by atoms with Crippen molar-refractivity contribution in [2.45, 2.75) is 52.0 Å². The van der Waals surface area contributed by atoms with Crippen molar-refractivity contribution in [1.82, 2.24) is 0 Å². The van der Waals surface area contributed by atoms with Gasteiger partial charge in [0.15, 0.2) is 6.10 Å². The minimum absolute atomic E-state index is 0.393. The van der Waals surface area contributed by atoms with Crippen molar-refractivity contribution in [3.8, 4) is 5.75 Å². The van der Waals surface area contributed by atoms with Gasteiger partial charge in [0.2, 0.25) is 0 Å². The molecule has 0 radical (unpaired) electrons. The first-order valence-electron chi connectivity index (χ1n) is 9.79. The molecule has 29 heavy (non-hydrogen) atoms. The molecule has 2 atom stereocenters. The number of benzene rings is 2. The summed E-state index contributed by atoms with van der Waals surface area (Å²) < 4.78 is 17.7. The molecule has 154 valence electrons. The molecule has 0 amide bonds. The SMILES string of the molecule is COC1c2cc(NCc3ccccc3)ccc2OC(C)(C)C1OC(=O)C=C(C)C. The van der Waals surface area contributed by atoms with E-state index >= 15 is 0 Å². The molecule has 0 fully saturated rings. The van der Waals surface area contributed by atoms with Gasteiger partial charge in [0.1, 0.15) is 17.5 Å². The second-order valence-corrected chi connectivity index (χ2v) is 8.03. The normalized spacial score (nSPS) is 19.5. The van der Waals surface area contributed by atoms with Crippen LogP contribution in [0, 0.1) is 0 Å². The molecule has 0 aromatic heterocycles. The molecule has 5 nitrogen and oxygen atoms in total. The number of anilines is 1. The molecular formula is C24H29NO4. The highest BCUT2D eigenvalue weighted by Crippen LogP contribution is 2.44. The smallest absolute Gasteiger partial charge is 0.331 e. The number of hydrogen-bond acceptors (Lipinski definition) is 5. The number of carbonyl (C=O) groups is 1. The maximum atomic E-state index is 12.3. The predicted molar refractivity (Wildman–Crippen MR) is 114 cm³/mol. The first kappa shape index (κ1) is 20.9. The van der Waals surface area contributed by atoms with E-state index in [1.807, 2.05) is 64.1 Å². The van der Waals surface area contributed by atoms with Crippen molar-refractivity contribution >= 4 is 11.7 Å². The van der Waals surface area contributed by atoms with Crippen LogP contribution in [0.1, 0.15) is 44.9 Å². The van der Waals surface area contributed by atoms with Gasteiger partial charge in [0.25, 0.3) is 0 Å². The zero-order valence-electron chi connectivity index (χ0n) is 17.7. The van der Waals surface area contributed by atoms with Gasteiger partial charge in [-0.05, 0) is 51.5 Å². The molecule has 1 heterocycles. The topological polar surface area (TPSA) is 56.8 Å². The highest BCUT2D eigenvalue weighted by Gasteiger charge is 2.47. The van der Waals surface area contributed by atoms with Crippen molar-refractivity contribution in [1.29, 1.82) is 0 Å². The Kier molecular flexibility index (Phi) is 6.28. The Hall–Kier alpha value is -2.79. The van der Waals surface area contributed by atoms with Gasteiger partial charge in [-0.2, -0.15) is 0 Å². The number of rotatable bonds is 6. The second-order valence-electron chi connectivity index (χ2n) is 8.03. The number of methoxy groups -OCH3 is 1. The van der Waals surface area contributed by atoms with Gasteiger partial charge in [0, 0.05) is 31.0 Å². The average molecular weight is 395 g/mol. The van der Waals surface area contributed by atoms with Crippen molar-refractivity contribution in [3.63, 3.8) is 0 Å². The molecule has 1 aliphatic rings. The zero-order chi connectivity index (χ0) is 21.0. The minimum Gasteiger partial charge on any atom is -0.483 e. The lowest BCUT2D eigenvalue weighted by Crippen LogP contribution is -2.51. The first-order chi connectivity index (χ1) is 13.8. The number of esters is 1. The molecule has 2 aromatic rings. The van der Waals surface area contributed by atoms with Crippen LogP contribution < -0.4 is 10.1 Å². The highest BCUT2D eigenvalue weighted by molar-refractivity contribution is 5.83. The van der Waals surface area contributed by atoms with E-state index in [-0.39, 0.29) is 0 Å². The Morgan fingerprint density at radius 3 is 2.55 bits per heavy atom. The average Bonchev–Trinajstić information content (AvgIpc) is 2.67. The number of hydrogen-bond donors (Lipinski definition) is 1. The van der Waals surface area contributed by atoms with E-state index in [0.717, 1.165) is 22.6 Å². The van der Waals surface area contributed by atoms with Gasteiger partial charge in [-0.1, -0.05) is 35.9 Å². The zero-order valence-corrected chi connectivity index (χ0v) is 17.7. The summed E-state index contributed by atoms with van der Waals surface area (Å²) in [5.41, 5.74) is 3.16. The monoisotopic (exact) mass is 395 g/mol. The summed E-state index contributed by atoms with van der Waals surface area (Å²) in [6.45, 7) is 8.24. The molecule has 0 bridgehead atoms. The van der Waals surface area contributed by atoms with Crippen LogP contribution in [0.25, 0.3) is 0 Å². The number of fused-ring (bicyclic) bond motifs is 1. The fourth-order valence-corrected chi connectivity index (χ4v) is 3.49. The quantitative estimate of drug-likeness (QED) is 0.549. The Balaban J connectivity index is 1.85. The van der Waals surface area contributed by atoms with Crippen LogP contribution in [0.2, 0.25) is 0 Å². The summed E-state index contributed by atoms with van der Waals surface area (Å²) >= 11 is 0. The molecular weight excluding hydrogens is 366 g/mol. The van der Waals surface area contributed by atoms with Gasteiger partial charge in [-0.25, -0.2) is 4.79 Å². The molecule has 0 saturated heterocycles. The maximum absolute atomic E-state index is 12.3.